The lowest BCUT2D eigenvalue weighted by molar-refractivity contribution is -0.132. The van der Waals surface area contributed by atoms with Gasteiger partial charge in [0.15, 0.2) is 0 Å². The van der Waals surface area contributed by atoms with Gasteiger partial charge in [-0.15, -0.1) is 10.2 Å². The summed E-state index contributed by atoms with van der Waals surface area (Å²) in [4.78, 5) is 27.3. The van der Waals surface area contributed by atoms with E-state index in [9.17, 15) is 14.7 Å². The van der Waals surface area contributed by atoms with Crippen LogP contribution in [0, 0.1) is 6.92 Å². The normalized spacial score (nSPS) is 17.6. The van der Waals surface area contributed by atoms with Crippen molar-refractivity contribution in [2.24, 2.45) is 0 Å². The van der Waals surface area contributed by atoms with Crippen LogP contribution in [0.4, 0.5) is 5.13 Å². The predicted molar refractivity (Wildman–Crippen MR) is 123 cm³/mol. The highest BCUT2D eigenvalue weighted by Gasteiger charge is 2.48. The van der Waals surface area contributed by atoms with E-state index in [1.807, 2.05) is 0 Å². The number of ketones is 1. The standard InChI is InChI=1S/C23H18ClN3O4S/c1-3-12-31-17-10-6-14(7-11-17)19-18(20(28)15-4-8-16(24)9-5-15)21(29)22(30)27(19)23-26-25-13(2)32-23/h3-11,19,28H,1,12H2,2H3/t19-/m1/s1. The van der Waals surface area contributed by atoms with Crippen molar-refractivity contribution in [3.63, 3.8) is 0 Å². The highest BCUT2D eigenvalue weighted by molar-refractivity contribution is 7.15. The smallest absolute Gasteiger partial charge is 0.301 e. The molecule has 1 aromatic heterocycles. The van der Waals surface area contributed by atoms with Crippen molar-refractivity contribution in [3.05, 3.63) is 87.9 Å². The van der Waals surface area contributed by atoms with Crippen molar-refractivity contribution in [1.82, 2.24) is 10.2 Å². The number of amides is 1. The fourth-order valence-electron chi connectivity index (χ4n) is 3.39. The lowest BCUT2D eigenvalue weighted by Gasteiger charge is -2.22. The molecule has 7 nitrogen and oxygen atoms in total. The van der Waals surface area contributed by atoms with E-state index < -0.39 is 17.7 Å². The molecule has 3 aromatic rings. The Labute approximate surface area is 193 Å². The molecule has 0 unspecified atom stereocenters. The number of ether oxygens (including phenoxy) is 1. The van der Waals surface area contributed by atoms with E-state index in [1.54, 1.807) is 61.5 Å². The quantitative estimate of drug-likeness (QED) is 0.244. The SMILES string of the molecule is C=CCOc1ccc([C@@H]2C(=C(O)c3ccc(Cl)cc3)C(=O)C(=O)N2c2nnc(C)s2)cc1. The number of benzene rings is 2. The number of carbonyl (C=O) groups is 2. The molecule has 1 N–H and O–H groups in total. The third-order valence-corrected chi connectivity index (χ3v) is 5.94. The number of hydrogen-bond donors (Lipinski definition) is 1. The zero-order valence-electron chi connectivity index (χ0n) is 17.0. The summed E-state index contributed by atoms with van der Waals surface area (Å²) < 4.78 is 5.52. The topological polar surface area (TPSA) is 92.6 Å². The average molecular weight is 468 g/mol. The van der Waals surface area contributed by atoms with Gasteiger partial charge in [0.25, 0.3) is 5.78 Å². The second kappa shape index (κ2) is 8.94. The number of carbonyl (C=O) groups excluding carboxylic acids is 2. The molecule has 0 aliphatic carbocycles. The number of Topliss-reactive ketones (excluding diaryl/α,β-unsaturated/α-hetero) is 1. The Morgan fingerprint density at radius 1 is 1.19 bits per heavy atom. The van der Waals surface area contributed by atoms with Gasteiger partial charge < -0.3 is 9.84 Å². The first-order chi connectivity index (χ1) is 15.4. The number of aryl methyl sites for hydroxylation is 1. The van der Waals surface area contributed by atoms with Crippen LogP contribution in [0.1, 0.15) is 22.2 Å². The van der Waals surface area contributed by atoms with Gasteiger partial charge in [-0.2, -0.15) is 0 Å². The van der Waals surface area contributed by atoms with E-state index in [-0.39, 0.29) is 16.5 Å². The molecule has 1 aliphatic heterocycles. The first-order valence-electron chi connectivity index (χ1n) is 9.61. The lowest BCUT2D eigenvalue weighted by Crippen LogP contribution is -2.29. The molecular formula is C23H18ClN3O4S. The molecule has 0 saturated carbocycles. The Balaban J connectivity index is 1.86. The summed E-state index contributed by atoms with van der Waals surface area (Å²) in [6, 6.07) is 12.4. The average Bonchev–Trinajstić information content (AvgIpc) is 3.33. The molecule has 9 heteroatoms. The van der Waals surface area contributed by atoms with Gasteiger partial charge in [-0.3, -0.25) is 14.5 Å². The molecule has 2 aromatic carbocycles. The molecule has 1 atom stereocenters. The maximum atomic E-state index is 13.1. The maximum absolute atomic E-state index is 13.1. The molecule has 2 heterocycles. The summed E-state index contributed by atoms with van der Waals surface area (Å²) in [5.41, 5.74) is 0.945. The zero-order valence-corrected chi connectivity index (χ0v) is 18.6. The molecule has 1 fully saturated rings. The second-order valence-corrected chi connectivity index (χ2v) is 8.54. The Hall–Kier alpha value is -3.49. The molecule has 4 rings (SSSR count). The summed E-state index contributed by atoms with van der Waals surface area (Å²) in [6.07, 6.45) is 1.63. The number of anilines is 1. The molecular weight excluding hydrogens is 450 g/mol. The number of nitrogens with zero attached hydrogens (tertiary/aromatic N) is 3. The molecule has 0 radical (unpaired) electrons. The molecule has 32 heavy (non-hydrogen) atoms. The van der Waals surface area contributed by atoms with E-state index in [0.29, 0.717) is 33.5 Å². The molecule has 1 aliphatic rings. The predicted octanol–water partition coefficient (Wildman–Crippen LogP) is 4.69. The van der Waals surface area contributed by atoms with Crippen molar-refractivity contribution >= 4 is 45.5 Å². The van der Waals surface area contributed by atoms with Crippen LogP contribution in [0.3, 0.4) is 0 Å². The van der Waals surface area contributed by atoms with Crippen molar-refractivity contribution in [1.29, 1.82) is 0 Å². The number of hydrogen-bond acceptors (Lipinski definition) is 7. The van der Waals surface area contributed by atoms with Gasteiger partial charge in [0.05, 0.1) is 11.6 Å². The lowest BCUT2D eigenvalue weighted by atomic mass is 9.95. The number of aliphatic hydroxyl groups excluding tert-OH is 1. The van der Waals surface area contributed by atoms with Crippen LogP contribution in [-0.2, 0) is 9.59 Å². The number of aliphatic hydroxyl groups is 1. The van der Waals surface area contributed by atoms with Crippen molar-refractivity contribution in [2.75, 3.05) is 11.5 Å². The number of halogens is 1. The minimum atomic E-state index is -0.883. The summed E-state index contributed by atoms with van der Waals surface area (Å²) in [6.45, 7) is 5.72. The Bertz CT molecular complexity index is 1220. The van der Waals surface area contributed by atoms with Gasteiger partial charge in [-0.1, -0.05) is 47.7 Å². The van der Waals surface area contributed by atoms with Crippen LogP contribution in [0.5, 0.6) is 5.75 Å². The molecule has 1 amide bonds. The van der Waals surface area contributed by atoms with Crippen LogP contribution in [-0.4, -0.2) is 33.6 Å². The van der Waals surface area contributed by atoms with Crippen molar-refractivity contribution in [2.45, 2.75) is 13.0 Å². The van der Waals surface area contributed by atoms with Crippen LogP contribution >= 0.6 is 22.9 Å². The van der Waals surface area contributed by atoms with Gasteiger partial charge in [0.2, 0.25) is 5.13 Å². The van der Waals surface area contributed by atoms with Gasteiger partial charge in [-0.25, -0.2) is 0 Å². The van der Waals surface area contributed by atoms with Crippen molar-refractivity contribution < 1.29 is 19.4 Å². The monoisotopic (exact) mass is 467 g/mol. The maximum Gasteiger partial charge on any atom is 0.301 e. The van der Waals surface area contributed by atoms with Gasteiger partial charge in [0.1, 0.15) is 23.1 Å². The van der Waals surface area contributed by atoms with E-state index in [4.69, 9.17) is 16.3 Å². The first-order valence-corrected chi connectivity index (χ1v) is 10.8. The first kappa shape index (κ1) is 21.7. The van der Waals surface area contributed by atoms with E-state index in [2.05, 4.69) is 16.8 Å². The van der Waals surface area contributed by atoms with Gasteiger partial charge in [-0.05, 0) is 48.9 Å². The van der Waals surface area contributed by atoms with Crippen LogP contribution in [0.25, 0.3) is 5.76 Å². The van der Waals surface area contributed by atoms with E-state index >= 15 is 0 Å². The minimum absolute atomic E-state index is 0.0371. The number of aromatic nitrogens is 2. The molecule has 0 bridgehead atoms. The Morgan fingerprint density at radius 2 is 1.88 bits per heavy atom. The number of rotatable bonds is 6. The molecule has 1 saturated heterocycles. The highest BCUT2D eigenvalue weighted by Crippen LogP contribution is 2.43. The fraction of sp³-hybridized carbons (Fsp3) is 0.130. The zero-order chi connectivity index (χ0) is 22.8. The second-order valence-electron chi connectivity index (χ2n) is 6.95. The van der Waals surface area contributed by atoms with Crippen LogP contribution in [0.15, 0.2) is 66.8 Å². The van der Waals surface area contributed by atoms with Gasteiger partial charge in [0, 0.05) is 10.6 Å². The third kappa shape index (κ3) is 4.02. The fourth-order valence-corrected chi connectivity index (χ4v) is 4.23. The van der Waals surface area contributed by atoms with Crippen LogP contribution in [0.2, 0.25) is 5.02 Å². The summed E-state index contributed by atoms with van der Waals surface area (Å²) in [7, 11) is 0. The minimum Gasteiger partial charge on any atom is -0.507 e. The summed E-state index contributed by atoms with van der Waals surface area (Å²) in [5, 5.41) is 20.5. The summed E-state index contributed by atoms with van der Waals surface area (Å²) in [5.74, 6) is -1.27. The third-order valence-electron chi connectivity index (χ3n) is 4.85. The largest absolute Gasteiger partial charge is 0.507 e. The van der Waals surface area contributed by atoms with Crippen LogP contribution < -0.4 is 9.64 Å². The molecule has 0 spiro atoms. The van der Waals surface area contributed by atoms with E-state index in [0.717, 1.165) is 0 Å². The Kier molecular flexibility index (Phi) is 6.07. The van der Waals surface area contributed by atoms with E-state index in [1.165, 1.54) is 16.2 Å². The Morgan fingerprint density at radius 3 is 2.47 bits per heavy atom. The summed E-state index contributed by atoms with van der Waals surface area (Å²) >= 11 is 7.14. The van der Waals surface area contributed by atoms with Gasteiger partial charge >= 0.3 is 5.91 Å². The van der Waals surface area contributed by atoms with Crippen molar-refractivity contribution in [3.8, 4) is 5.75 Å². The molecule has 162 valence electrons. The highest BCUT2D eigenvalue weighted by atomic mass is 35.5.